The van der Waals surface area contributed by atoms with E-state index in [1.807, 2.05) is 0 Å². The normalized spacial score (nSPS) is 11.1. The average molecular weight is 476 g/mol. The maximum Gasteiger partial charge on any atom is 2.00 e. The molecule has 0 unspecified atom stereocenters. The molecule has 0 aromatic heterocycles. The zero-order valence-corrected chi connectivity index (χ0v) is 18.0. The van der Waals surface area contributed by atoms with Gasteiger partial charge in [0.1, 0.15) is 20.2 Å². The molecule has 0 amide bonds. The van der Waals surface area contributed by atoms with Gasteiger partial charge in [0.15, 0.2) is 0 Å². The monoisotopic (exact) mass is 474 g/mol. The molecule has 0 radical (unpaired) electrons. The standard InChI is InChI=1S/2C6H4Cl2O3S.Mg/c2*7-4-1-2-6(5(8)3-4)12(9,10)11;/h2*1-3H,(H,9,10,11);/q;;+2/p-2. The minimum atomic E-state index is -4.49. The predicted octanol–water partition coefficient (Wildman–Crippen LogP) is 3.41. The Hall–Kier alpha value is 0.186. The summed E-state index contributed by atoms with van der Waals surface area (Å²) in [5.74, 6) is 0. The summed E-state index contributed by atoms with van der Waals surface area (Å²) in [6, 6.07) is 7.14. The Labute approximate surface area is 180 Å². The van der Waals surface area contributed by atoms with Crippen molar-refractivity contribution < 1.29 is 25.9 Å². The third-order valence-electron chi connectivity index (χ3n) is 2.33. The van der Waals surface area contributed by atoms with E-state index < -0.39 is 30.0 Å². The third-order valence-corrected chi connectivity index (χ3v) is 5.44. The summed E-state index contributed by atoms with van der Waals surface area (Å²) in [5.41, 5.74) is 0. The molecule has 2 rings (SSSR count). The van der Waals surface area contributed by atoms with E-state index in [2.05, 4.69) is 0 Å². The van der Waals surface area contributed by atoms with Crippen molar-refractivity contribution in [3.05, 3.63) is 56.5 Å². The Morgan fingerprint density at radius 2 is 0.920 bits per heavy atom. The Morgan fingerprint density at radius 1 is 0.640 bits per heavy atom. The molecule has 6 nitrogen and oxygen atoms in total. The molecular formula is C12H6Cl4MgO6S2. The maximum atomic E-state index is 10.5. The van der Waals surface area contributed by atoms with Crippen LogP contribution in [0, 0.1) is 0 Å². The molecule has 132 valence electrons. The third kappa shape index (κ3) is 8.16. The summed E-state index contributed by atoms with van der Waals surface area (Å²) in [4.78, 5) is -0.901. The molecule has 25 heavy (non-hydrogen) atoms. The molecule has 0 atom stereocenters. The van der Waals surface area contributed by atoms with Crippen LogP contribution in [0.1, 0.15) is 0 Å². The molecule has 0 heterocycles. The summed E-state index contributed by atoms with van der Waals surface area (Å²) < 4.78 is 62.9. The van der Waals surface area contributed by atoms with Crippen LogP contribution in [0.3, 0.4) is 0 Å². The second kappa shape index (κ2) is 9.93. The molecule has 0 bridgehead atoms. The largest absolute Gasteiger partial charge is 2.00 e. The van der Waals surface area contributed by atoms with Gasteiger partial charge in [0.2, 0.25) is 0 Å². The van der Waals surface area contributed by atoms with Crippen molar-refractivity contribution in [3.63, 3.8) is 0 Å². The first-order valence-electron chi connectivity index (χ1n) is 5.64. The van der Waals surface area contributed by atoms with Crippen LogP contribution < -0.4 is 0 Å². The quantitative estimate of drug-likeness (QED) is 0.485. The van der Waals surface area contributed by atoms with E-state index in [0.29, 0.717) is 0 Å². The van der Waals surface area contributed by atoms with Crippen molar-refractivity contribution in [2.75, 3.05) is 0 Å². The van der Waals surface area contributed by atoms with E-state index in [9.17, 15) is 25.9 Å². The first-order chi connectivity index (χ1) is 10.8. The minimum absolute atomic E-state index is 0. The van der Waals surface area contributed by atoms with Crippen LogP contribution >= 0.6 is 46.4 Å². The summed E-state index contributed by atoms with van der Waals surface area (Å²) in [7, 11) is -8.98. The SMILES string of the molecule is O=S(=O)([O-])c1ccc(Cl)cc1Cl.O=S(=O)([O-])c1ccc(Cl)cc1Cl.[Mg+2]. The molecule has 0 saturated carbocycles. The van der Waals surface area contributed by atoms with Gasteiger partial charge in [-0.1, -0.05) is 46.4 Å². The number of hydrogen-bond acceptors (Lipinski definition) is 6. The van der Waals surface area contributed by atoms with Crippen molar-refractivity contribution in [1.29, 1.82) is 0 Å². The van der Waals surface area contributed by atoms with E-state index in [0.717, 1.165) is 12.1 Å². The Balaban J connectivity index is 0.000000443. The molecular weight excluding hydrogens is 470 g/mol. The van der Waals surface area contributed by atoms with Crippen molar-refractivity contribution in [2.24, 2.45) is 0 Å². The van der Waals surface area contributed by atoms with Crippen LogP contribution in [-0.4, -0.2) is 49.0 Å². The first kappa shape index (κ1) is 25.2. The van der Waals surface area contributed by atoms with Crippen molar-refractivity contribution in [1.82, 2.24) is 0 Å². The number of hydrogen-bond donors (Lipinski definition) is 0. The molecule has 13 heteroatoms. The molecule has 0 saturated heterocycles. The summed E-state index contributed by atoms with van der Waals surface area (Å²) in [6.07, 6.45) is 0. The molecule has 2 aromatic rings. The second-order valence-corrected chi connectivity index (χ2v) is 8.44. The number of benzene rings is 2. The van der Waals surface area contributed by atoms with Gasteiger partial charge in [-0.05, 0) is 36.4 Å². The molecule has 0 fully saturated rings. The summed E-state index contributed by atoms with van der Waals surface area (Å²) >= 11 is 21.9. The van der Waals surface area contributed by atoms with Gasteiger partial charge in [-0.15, -0.1) is 0 Å². The van der Waals surface area contributed by atoms with Gasteiger partial charge in [-0.25, -0.2) is 16.8 Å². The number of halogens is 4. The van der Waals surface area contributed by atoms with Crippen LogP contribution in [0.4, 0.5) is 0 Å². The van der Waals surface area contributed by atoms with E-state index in [1.54, 1.807) is 0 Å². The fraction of sp³-hybridized carbons (Fsp3) is 0. The average Bonchev–Trinajstić information content (AvgIpc) is 2.35. The van der Waals surface area contributed by atoms with Crippen molar-refractivity contribution in [3.8, 4) is 0 Å². The summed E-state index contributed by atoms with van der Waals surface area (Å²) in [5, 5.41) is 0.259. The van der Waals surface area contributed by atoms with E-state index >= 15 is 0 Å². The zero-order chi connectivity index (χ0) is 18.7. The van der Waals surface area contributed by atoms with E-state index in [4.69, 9.17) is 46.4 Å². The molecule has 2 aromatic carbocycles. The Bertz CT molecular complexity index is 884. The van der Waals surface area contributed by atoms with Crippen LogP contribution in [-0.2, 0) is 20.2 Å². The van der Waals surface area contributed by atoms with Crippen molar-refractivity contribution in [2.45, 2.75) is 9.79 Å². The Morgan fingerprint density at radius 3 is 1.12 bits per heavy atom. The fourth-order valence-electron chi connectivity index (χ4n) is 1.36. The second-order valence-electron chi connectivity index (χ2n) is 4.06. The summed E-state index contributed by atoms with van der Waals surface area (Å²) in [6.45, 7) is 0. The smallest absolute Gasteiger partial charge is 0.744 e. The van der Waals surface area contributed by atoms with Gasteiger partial charge in [0, 0.05) is 10.0 Å². The topological polar surface area (TPSA) is 114 Å². The van der Waals surface area contributed by atoms with Gasteiger partial charge in [-0.2, -0.15) is 0 Å². The van der Waals surface area contributed by atoms with E-state index in [1.165, 1.54) is 24.3 Å². The Kier molecular flexibility index (Phi) is 10.0. The number of rotatable bonds is 2. The maximum absolute atomic E-state index is 10.5. The van der Waals surface area contributed by atoms with E-state index in [-0.39, 0.29) is 43.1 Å². The van der Waals surface area contributed by atoms with Crippen LogP contribution in [0.5, 0.6) is 0 Å². The molecule has 0 spiro atoms. The molecule has 0 aliphatic carbocycles. The van der Waals surface area contributed by atoms with Gasteiger partial charge in [0.05, 0.1) is 19.8 Å². The van der Waals surface area contributed by atoms with Gasteiger partial charge in [-0.3, -0.25) is 0 Å². The van der Waals surface area contributed by atoms with Crippen LogP contribution in [0.25, 0.3) is 0 Å². The molecule has 0 aliphatic heterocycles. The van der Waals surface area contributed by atoms with Crippen molar-refractivity contribution >= 4 is 89.7 Å². The van der Waals surface area contributed by atoms with Gasteiger partial charge < -0.3 is 9.11 Å². The van der Waals surface area contributed by atoms with Gasteiger partial charge >= 0.3 is 23.1 Å². The zero-order valence-electron chi connectivity index (χ0n) is 11.9. The van der Waals surface area contributed by atoms with Crippen LogP contribution in [0.15, 0.2) is 46.2 Å². The van der Waals surface area contributed by atoms with Gasteiger partial charge in [0.25, 0.3) is 0 Å². The predicted molar refractivity (Wildman–Crippen MR) is 94.6 cm³/mol. The minimum Gasteiger partial charge on any atom is -0.744 e. The molecule has 0 aliphatic rings. The van der Waals surface area contributed by atoms with Crippen LogP contribution in [0.2, 0.25) is 20.1 Å². The molecule has 0 N–H and O–H groups in total. The fourth-order valence-corrected chi connectivity index (χ4v) is 3.80. The first-order valence-corrected chi connectivity index (χ1v) is 9.97.